The van der Waals surface area contributed by atoms with Gasteiger partial charge in [0, 0.05) is 37.3 Å². The van der Waals surface area contributed by atoms with Crippen molar-refractivity contribution < 1.29 is 37.3 Å². The molecule has 1 aromatic heterocycles. The summed E-state index contributed by atoms with van der Waals surface area (Å²) in [4.78, 5) is 28.6. The average Bonchev–Trinajstić information content (AvgIpc) is 3.23. The van der Waals surface area contributed by atoms with Gasteiger partial charge in [0.2, 0.25) is 5.88 Å². The zero-order chi connectivity index (χ0) is 18.9. The van der Waals surface area contributed by atoms with Gasteiger partial charge in [0.1, 0.15) is 6.10 Å². The highest BCUT2D eigenvalue weighted by Crippen LogP contribution is 2.46. The Kier molecular flexibility index (Phi) is 4.78. The number of carbonyl (C=O) groups is 2. The van der Waals surface area contributed by atoms with Gasteiger partial charge in [-0.05, 0) is 12.5 Å². The van der Waals surface area contributed by atoms with Crippen LogP contribution in [0.5, 0.6) is 5.88 Å². The van der Waals surface area contributed by atoms with Crippen molar-refractivity contribution >= 4 is 11.9 Å². The molecule has 7 nitrogen and oxygen atoms in total. The van der Waals surface area contributed by atoms with Crippen LogP contribution in [-0.2, 0) is 9.53 Å². The molecule has 2 atom stereocenters. The van der Waals surface area contributed by atoms with Crippen LogP contribution in [0.1, 0.15) is 23.2 Å². The molecule has 26 heavy (non-hydrogen) atoms. The van der Waals surface area contributed by atoms with Gasteiger partial charge in [-0.1, -0.05) is 0 Å². The van der Waals surface area contributed by atoms with Gasteiger partial charge < -0.3 is 19.5 Å². The molecule has 0 saturated carbocycles. The lowest BCUT2D eigenvalue weighted by Gasteiger charge is -2.27. The third kappa shape index (κ3) is 3.33. The first-order chi connectivity index (χ1) is 12.2. The summed E-state index contributed by atoms with van der Waals surface area (Å²) in [6.07, 6.45) is -3.81. The molecule has 3 rings (SSSR count). The van der Waals surface area contributed by atoms with Gasteiger partial charge in [-0.2, -0.15) is 13.2 Å². The average molecular weight is 374 g/mol. The van der Waals surface area contributed by atoms with Gasteiger partial charge in [0.15, 0.2) is 5.41 Å². The second-order valence-corrected chi connectivity index (χ2v) is 6.35. The highest BCUT2D eigenvalue weighted by molar-refractivity contribution is 5.95. The summed E-state index contributed by atoms with van der Waals surface area (Å²) in [6.45, 7) is -0.246. The van der Waals surface area contributed by atoms with Crippen LogP contribution in [0.25, 0.3) is 0 Å². The van der Waals surface area contributed by atoms with Crippen molar-refractivity contribution in [2.45, 2.75) is 25.1 Å². The normalized spacial score (nSPS) is 26.1. The fourth-order valence-corrected chi connectivity index (χ4v) is 3.08. The van der Waals surface area contributed by atoms with Crippen LogP contribution in [0.2, 0.25) is 0 Å². The molecule has 0 spiro atoms. The number of halogens is 3. The van der Waals surface area contributed by atoms with Crippen LogP contribution in [0.3, 0.4) is 0 Å². The number of aromatic nitrogens is 1. The van der Waals surface area contributed by atoms with E-state index in [-0.39, 0.29) is 24.1 Å². The molecule has 3 heterocycles. The largest absolute Gasteiger partial charge is 0.481 e. The predicted octanol–water partition coefficient (Wildman–Crippen LogP) is 1.73. The maximum absolute atomic E-state index is 13.2. The first-order valence-electron chi connectivity index (χ1n) is 8.03. The number of amides is 1. The number of pyridine rings is 1. The Morgan fingerprint density at radius 2 is 2.19 bits per heavy atom. The second-order valence-electron chi connectivity index (χ2n) is 6.35. The van der Waals surface area contributed by atoms with E-state index in [4.69, 9.17) is 14.6 Å². The SMILES string of the molecule is O=C(c1ccnc(OC2CCOC2)c1)N1CCC(C(=O)O)(C(F)(F)F)C1. The van der Waals surface area contributed by atoms with Crippen molar-refractivity contribution in [2.75, 3.05) is 26.3 Å². The molecule has 1 N–H and O–H groups in total. The predicted molar refractivity (Wildman–Crippen MR) is 80.7 cm³/mol. The minimum Gasteiger partial charge on any atom is -0.481 e. The highest BCUT2D eigenvalue weighted by Gasteiger charge is 2.64. The third-order valence-electron chi connectivity index (χ3n) is 4.67. The molecule has 2 aliphatic heterocycles. The van der Waals surface area contributed by atoms with Crippen molar-refractivity contribution in [1.29, 1.82) is 0 Å². The van der Waals surface area contributed by atoms with E-state index >= 15 is 0 Å². The Morgan fingerprint density at radius 1 is 1.42 bits per heavy atom. The summed E-state index contributed by atoms with van der Waals surface area (Å²) in [5, 5.41) is 9.07. The van der Waals surface area contributed by atoms with Crippen molar-refractivity contribution in [3.63, 3.8) is 0 Å². The lowest BCUT2D eigenvalue weighted by atomic mass is 9.86. The summed E-state index contributed by atoms with van der Waals surface area (Å²) in [6, 6.07) is 2.70. The van der Waals surface area contributed by atoms with E-state index in [1.54, 1.807) is 0 Å². The van der Waals surface area contributed by atoms with E-state index in [1.165, 1.54) is 18.3 Å². The van der Waals surface area contributed by atoms with Gasteiger partial charge >= 0.3 is 12.1 Å². The second kappa shape index (κ2) is 6.75. The number of ether oxygens (including phenoxy) is 2. The van der Waals surface area contributed by atoms with E-state index in [0.717, 1.165) is 4.90 Å². The van der Waals surface area contributed by atoms with Gasteiger partial charge in [-0.15, -0.1) is 0 Å². The molecule has 10 heteroatoms. The molecule has 2 unspecified atom stereocenters. The molecule has 1 aromatic rings. The maximum atomic E-state index is 13.2. The third-order valence-corrected chi connectivity index (χ3v) is 4.67. The lowest BCUT2D eigenvalue weighted by Crippen LogP contribution is -2.47. The smallest absolute Gasteiger partial charge is 0.406 e. The monoisotopic (exact) mass is 374 g/mol. The summed E-state index contributed by atoms with van der Waals surface area (Å²) in [5.74, 6) is -2.49. The minimum atomic E-state index is -4.94. The zero-order valence-corrected chi connectivity index (χ0v) is 13.7. The number of carbonyl (C=O) groups excluding carboxylic acids is 1. The first kappa shape index (κ1) is 18.4. The van der Waals surface area contributed by atoms with Crippen LogP contribution < -0.4 is 4.74 Å². The number of carboxylic acids is 1. The molecule has 0 aliphatic carbocycles. The molecule has 2 fully saturated rings. The molecular formula is C16H17F3N2O5. The number of alkyl halides is 3. The Morgan fingerprint density at radius 3 is 2.77 bits per heavy atom. The molecule has 0 aromatic carbocycles. The van der Waals surface area contributed by atoms with Crippen LogP contribution in [0.15, 0.2) is 18.3 Å². The van der Waals surface area contributed by atoms with Crippen molar-refractivity contribution in [1.82, 2.24) is 9.88 Å². The summed E-state index contributed by atoms with van der Waals surface area (Å²) < 4.78 is 50.5. The standard InChI is InChI=1S/C16H17F3N2O5/c17-16(18,19)15(14(23)24)3-5-21(9-15)13(22)10-1-4-20-12(7-10)26-11-2-6-25-8-11/h1,4,7,11H,2-3,5-6,8-9H2,(H,23,24). The quantitative estimate of drug-likeness (QED) is 0.864. The van der Waals surface area contributed by atoms with Crippen LogP contribution >= 0.6 is 0 Å². The molecule has 142 valence electrons. The first-order valence-corrected chi connectivity index (χ1v) is 8.03. The minimum absolute atomic E-state index is 0.0947. The molecule has 0 bridgehead atoms. The summed E-state index contributed by atoms with van der Waals surface area (Å²) in [5.41, 5.74) is -2.84. The van der Waals surface area contributed by atoms with Gasteiger partial charge in [-0.3, -0.25) is 9.59 Å². The van der Waals surface area contributed by atoms with Crippen LogP contribution in [0.4, 0.5) is 13.2 Å². The Bertz CT molecular complexity index is 705. The molecule has 0 radical (unpaired) electrons. The molecule has 1 amide bonds. The van der Waals surface area contributed by atoms with Crippen molar-refractivity contribution in [2.24, 2.45) is 5.41 Å². The molecular weight excluding hydrogens is 357 g/mol. The Balaban J connectivity index is 1.74. The Hall–Kier alpha value is -2.36. The Labute approximate surface area is 146 Å². The van der Waals surface area contributed by atoms with Gasteiger partial charge in [-0.25, -0.2) is 4.98 Å². The van der Waals surface area contributed by atoms with Crippen LogP contribution in [0, 0.1) is 5.41 Å². The maximum Gasteiger partial charge on any atom is 0.406 e. The number of nitrogens with zero attached hydrogens (tertiary/aromatic N) is 2. The topological polar surface area (TPSA) is 89.0 Å². The fraction of sp³-hybridized carbons (Fsp3) is 0.562. The number of hydrogen-bond acceptors (Lipinski definition) is 5. The van der Waals surface area contributed by atoms with E-state index in [1.807, 2.05) is 0 Å². The number of aliphatic carboxylic acids is 1. The van der Waals surface area contributed by atoms with Crippen LogP contribution in [-0.4, -0.2) is 65.5 Å². The van der Waals surface area contributed by atoms with Crippen molar-refractivity contribution in [3.05, 3.63) is 23.9 Å². The summed E-state index contributed by atoms with van der Waals surface area (Å²) >= 11 is 0. The van der Waals surface area contributed by atoms with E-state index in [2.05, 4.69) is 4.98 Å². The van der Waals surface area contributed by atoms with E-state index in [0.29, 0.717) is 19.6 Å². The number of carboxylic acid groups (broad SMARTS) is 1. The molecule has 2 saturated heterocycles. The number of hydrogen-bond donors (Lipinski definition) is 1. The summed E-state index contributed by atoms with van der Waals surface area (Å²) in [7, 11) is 0. The number of rotatable bonds is 4. The highest BCUT2D eigenvalue weighted by atomic mass is 19.4. The number of likely N-dealkylation sites (tertiary alicyclic amines) is 1. The van der Waals surface area contributed by atoms with E-state index < -0.39 is 36.4 Å². The van der Waals surface area contributed by atoms with E-state index in [9.17, 15) is 22.8 Å². The molecule has 2 aliphatic rings. The lowest BCUT2D eigenvalue weighted by molar-refractivity contribution is -0.227. The fourth-order valence-electron chi connectivity index (χ4n) is 3.08. The van der Waals surface area contributed by atoms with Crippen molar-refractivity contribution in [3.8, 4) is 5.88 Å². The van der Waals surface area contributed by atoms with Gasteiger partial charge in [0.25, 0.3) is 5.91 Å². The zero-order valence-electron chi connectivity index (χ0n) is 13.7. The van der Waals surface area contributed by atoms with Gasteiger partial charge in [0.05, 0.1) is 13.2 Å².